The van der Waals surface area contributed by atoms with E-state index in [9.17, 15) is 0 Å². The molecule has 0 unspecified atom stereocenters. The van der Waals surface area contributed by atoms with E-state index in [1.54, 1.807) is 20.3 Å². The van der Waals surface area contributed by atoms with Crippen LogP contribution < -0.4 is 15.2 Å². The zero-order valence-electron chi connectivity index (χ0n) is 11.6. The third kappa shape index (κ3) is 2.21. The molecule has 0 spiro atoms. The normalized spacial score (nSPS) is 10.5. The zero-order chi connectivity index (χ0) is 14.0. The summed E-state index contributed by atoms with van der Waals surface area (Å²) in [6.07, 6.45) is 0. The average Bonchev–Trinajstić information content (AvgIpc) is 2.79. The summed E-state index contributed by atoms with van der Waals surface area (Å²) in [7, 11) is 3.17. The topological polar surface area (TPSA) is 75.2 Å². The second kappa shape index (κ2) is 5.17. The van der Waals surface area contributed by atoms with Crippen LogP contribution in [0, 0.1) is 6.92 Å². The smallest absolute Gasteiger partial charge is 0.166 e. The van der Waals surface area contributed by atoms with Gasteiger partial charge in [-0.15, -0.1) is 10.2 Å². The molecule has 0 aliphatic rings. The molecule has 102 valence electrons. The number of benzene rings is 1. The Hall–Kier alpha value is -2.24. The Bertz CT molecular complexity index is 593. The van der Waals surface area contributed by atoms with E-state index in [2.05, 4.69) is 10.2 Å². The summed E-state index contributed by atoms with van der Waals surface area (Å²) in [5, 5.41) is 8.27. The monoisotopic (exact) mass is 262 g/mol. The van der Waals surface area contributed by atoms with Gasteiger partial charge in [-0.25, -0.2) is 0 Å². The summed E-state index contributed by atoms with van der Waals surface area (Å²) < 4.78 is 12.5. The SMILES string of the molecule is CCn1c(C)nnc1-c1cc(OC)c(OC)cc1N. The molecule has 1 aromatic heterocycles. The van der Waals surface area contributed by atoms with E-state index in [-0.39, 0.29) is 0 Å². The van der Waals surface area contributed by atoms with E-state index >= 15 is 0 Å². The van der Waals surface area contributed by atoms with Crippen LogP contribution in [0.4, 0.5) is 5.69 Å². The summed E-state index contributed by atoms with van der Waals surface area (Å²) >= 11 is 0. The predicted molar refractivity (Wildman–Crippen MR) is 73.4 cm³/mol. The molecule has 0 amide bonds. The summed E-state index contributed by atoms with van der Waals surface area (Å²) in [6.45, 7) is 4.73. The van der Waals surface area contributed by atoms with Crippen LogP contribution in [0.2, 0.25) is 0 Å². The van der Waals surface area contributed by atoms with Crippen molar-refractivity contribution in [3.05, 3.63) is 18.0 Å². The molecule has 1 heterocycles. The predicted octanol–water partition coefficient (Wildman–Crippen LogP) is 1.87. The maximum absolute atomic E-state index is 6.07. The Labute approximate surface area is 112 Å². The lowest BCUT2D eigenvalue weighted by molar-refractivity contribution is 0.355. The minimum absolute atomic E-state index is 0.583. The van der Waals surface area contributed by atoms with Crippen LogP contribution in [0.15, 0.2) is 12.1 Å². The first kappa shape index (κ1) is 13.2. The van der Waals surface area contributed by atoms with Gasteiger partial charge in [-0.1, -0.05) is 0 Å². The van der Waals surface area contributed by atoms with Crippen LogP contribution in [0.25, 0.3) is 11.4 Å². The number of ether oxygens (including phenoxy) is 2. The average molecular weight is 262 g/mol. The van der Waals surface area contributed by atoms with Gasteiger partial charge in [-0.2, -0.15) is 0 Å². The van der Waals surface area contributed by atoms with Crippen LogP contribution >= 0.6 is 0 Å². The molecule has 0 saturated heterocycles. The number of methoxy groups -OCH3 is 2. The van der Waals surface area contributed by atoms with Crippen molar-refractivity contribution in [1.29, 1.82) is 0 Å². The van der Waals surface area contributed by atoms with Gasteiger partial charge in [0.05, 0.1) is 14.2 Å². The molecular weight excluding hydrogens is 244 g/mol. The molecule has 0 bridgehead atoms. The van der Waals surface area contributed by atoms with E-state index in [0.717, 1.165) is 23.8 Å². The third-order valence-electron chi connectivity index (χ3n) is 3.05. The number of nitrogen functional groups attached to an aromatic ring is 1. The molecule has 0 radical (unpaired) electrons. The molecule has 0 aliphatic carbocycles. The minimum atomic E-state index is 0.583. The van der Waals surface area contributed by atoms with Crippen LogP contribution in [-0.2, 0) is 6.54 Å². The van der Waals surface area contributed by atoms with Crippen molar-refractivity contribution in [2.75, 3.05) is 20.0 Å². The van der Waals surface area contributed by atoms with Crippen molar-refractivity contribution in [1.82, 2.24) is 14.8 Å². The van der Waals surface area contributed by atoms with Gasteiger partial charge in [0, 0.05) is 23.9 Å². The summed E-state index contributed by atoms with van der Waals surface area (Å²) in [4.78, 5) is 0. The number of hydrogen-bond donors (Lipinski definition) is 1. The van der Waals surface area contributed by atoms with Crippen LogP contribution in [0.5, 0.6) is 11.5 Å². The molecule has 6 nitrogen and oxygen atoms in total. The zero-order valence-corrected chi connectivity index (χ0v) is 11.6. The van der Waals surface area contributed by atoms with Crippen LogP contribution in [0.3, 0.4) is 0 Å². The first-order valence-corrected chi connectivity index (χ1v) is 6.04. The van der Waals surface area contributed by atoms with E-state index in [4.69, 9.17) is 15.2 Å². The number of hydrogen-bond acceptors (Lipinski definition) is 5. The molecule has 0 atom stereocenters. The molecule has 0 fully saturated rings. The lowest BCUT2D eigenvalue weighted by atomic mass is 10.1. The van der Waals surface area contributed by atoms with Gasteiger partial charge < -0.3 is 19.8 Å². The molecule has 2 N–H and O–H groups in total. The number of nitrogens with two attached hydrogens (primary N) is 1. The minimum Gasteiger partial charge on any atom is -0.493 e. The van der Waals surface area contributed by atoms with Gasteiger partial charge in [-0.05, 0) is 19.9 Å². The van der Waals surface area contributed by atoms with Gasteiger partial charge in [0.15, 0.2) is 17.3 Å². The lowest BCUT2D eigenvalue weighted by Crippen LogP contribution is -2.03. The van der Waals surface area contributed by atoms with Gasteiger partial charge >= 0.3 is 0 Å². The molecule has 2 rings (SSSR count). The van der Waals surface area contributed by atoms with Gasteiger partial charge in [0.25, 0.3) is 0 Å². The Balaban J connectivity index is 2.61. The van der Waals surface area contributed by atoms with Crippen molar-refractivity contribution in [3.63, 3.8) is 0 Å². The van der Waals surface area contributed by atoms with E-state index in [1.807, 2.05) is 24.5 Å². The van der Waals surface area contributed by atoms with Crippen LogP contribution in [0.1, 0.15) is 12.7 Å². The standard InChI is InChI=1S/C13H18N4O2/c1-5-17-8(2)15-16-13(17)9-6-11(18-3)12(19-4)7-10(9)14/h6-7H,5,14H2,1-4H3. The highest BCUT2D eigenvalue weighted by Gasteiger charge is 2.16. The summed E-state index contributed by atoms with van der Waals surface area (Å²) in [6, 6.07) is 3.56. The van der Waals surface area contributed by atoms with E-state index < -0.39 is 0 Å². The highest BCUT2D eigenvalue weighted by Crippen LogP contribution is 2.36. The highest BCUT2D eigenvalue weighted by molar-refractivity contribution is 5.76. The van der Waals surface area contributed by atoms with E-state index in [1.165, 1.54) is 0 Å². The largest absolute Gasteiger partial charge is 0.493 e. The molecule has 0 aliphatic heterocycles. The van der Waals surface area contributed by atoms with Crippen molar-refractivity contribution in [2.45, 2.75) is 20.4 Å². The lowest BCUT2D eigenvalue weighted by Gasteiger charge is -2.13. The molecule has 0 saturated carbocycles. The molecular formula is C13H18N4O2. The molecule has 2 aromatic rings. The third-order valence-corrected chi connectivity index (χ3v) is 3.05. The van der Waals surface area contributed by atoms with Gasteiger partial charge in [0.2, 0.25) is 0 Å². The number of rotatable bonds is 4. The molecule has 6 heteroatoms. The fraction of sp³-hybridized carbons (Fsp3) is 0.385. The van der Waals surface area contributed by atoms with Crippen molar-refractivity contribution >= 4 is 5.69 Å². The second-order valence-corrected chi connectivity index (χ2v) is 4.11. The first-order chi connectivity index (χ1) is 9.12. The summed E-state index contributed by atoms with van der Waals surface area (Å²) in [5.74, 6) is 2.81. The number of anilines is 1. The highest BCUT2D eigenvalue weighted by atomic mass is 16.5. The second-order valence-electron chi connectivity index (χ2n) is 4.11. The Kier molecular flexibility index (Phi) is 3.59. The maximum Gasteiger partial charge on any atom is 0.166 e. The number of nitrogens with zero attached hydrogens (tertiary/aromatic N) is 3. The number of aryl methyl sites for hydroxylation is 1. The molecule has 19 heavy (non-hydrogen) atoms. The maximum atomic E-state index is 6.07. The first-order valence-electron chi connectivity index (χ1n) is 6.04. The van der Waals surface area contributed by atoms with Crippen molar-refractivity contribution in [2.24, 2.45) is 0 Å². The molecule has 1 aromatic carbocycles. The Morgan fingerprint density at radius 3 is 2.37 bits per heavy atom. The Morgan fingerprint density at radius 2 is 1.79 bits per heavy atom. The summed E-state index contributed by atoms with van der Waals surface area (Å²) in [5.41, 5.74) is 7.44. The Morgan fingerprint density at radius 1 is 1.16 bits per heavy atom. The fourth-order valence-corrected chi connectivity index (χ4v) is 2.05. The van der Waals surface area contributed by atoms with Crippen molar-refractivity contribution < 1.29 is 9.47 Å². The number of aromatic nitrogens is 3. The van der Waals surface area contributed by atoms with Crippen LogP contribution in [-0.4, -0.2) is 29.0 Å². The van der Waals surface area contributed by atoms with E-state index in [0.29, 0.717) is 17.2 Å². The van der Waals surface area contributed by atoms with Gasteiger partial charge in [0.1, 0.15) is 5.82 Å². The van der Waals surface area contributed by atoms with Gasteiger partial charge in [-0.3, -0.25) is 0 Å². The fourth-order valence-electron chi connectivity index (χ4n) is 2.05. The quantitative estimate of drug-likeness (QED) is 0.851. The van der Waals surface area contributed by atoms with Crippen molar-refractivity contribution in [3.8, 4) is 22.9 Å².